The molecule has 0 unspecified atom stereocenters. The first-order chi connectivity index (χ1) is 11.3. The van der Waals surface area contributed by atoms with Crippen molar-refractivity contribution in [2.24, 2.45) is 7.05 Å². The van der Waals surface area contributed by atoms with Gasteiger partial charge in [-0.25, -0.2) is 19.9 Å². The molecule has 6 heteroatoms. The van der Waals surface area contributed by atoms with Crippen molar-refractivity contribution in [1.82, 2.24) is 24.5 Å². The molecule has 0 spiro atoms. The third-order valence-corrected chi connectivity index (χ3v) is 4.81. The molecule has 0 saturated heterocycles. The Balaban J connectivity index is 1.98. The summed E-state index contributed by atoms with van der Waals surface area (Å²) in [7, 11) is 2.05. The summed E-state index contributed by atoms with van der Waals surface area (Å²) in [5.41, 5.74) is 3.93. The summed E-state index contributed by atoms with van der Waals surface area (Å²) < 4.78 is 2.13. The van der Waals surface area contributed by atoms with Crippen LogP contribution in [0.4, 0.5) is 0 Å². The third-order valence-electron chi connectivity index (χ3n) is 3.83. The maximum absolute atomic E-state index is 4.84. The van der Waals surface area contributed by atoms with E-state index in [0.29, 0.717) is 0 Å². The highest BCUT2D eigenvalue weighted by Gasteiger charge is 2.20. The number of benzene rings is 1. The SMILES string of the molecule is CCc1nc(-c2ccccc2)c(-c2nc3cncnc3s2)n1C. The lowest BCUT2D eigenvalue weighted by Crippen LogP contribution is -1.97. The predicted octanol–water partition coefficient (Wildman–Crippen LogP) is 3.72. The van der Waals surface area contributed by atoms with Gasteiger partial charge in [-0.05, 0) is 0 Å². The predicted molar refractivity (Wildman–Crippen MR) is 92.2 cm³/mol. The number of hydrogen-bond acceptors (Lipinski definition) is 5. The molecule has 4 rings (SSSR count). The molecule has 0 aliphatic rings. The topological polar surface area (TPSA) is 56.5 Å². The smallest absolute Gasteiger partial charge is 0.147 e. The van der Waals surface area contributed by atoms with Crippen molar-refractivity contribution in [3.63, 3.8) is 0 Å². The normalized spacial score (nSPS) is 11.2. The number of thiazole rings is 1. The summed E-state index contributed by atoms with van der Waals surface area (Å²) >= 11 is 1.57. The van der Waals surface area contributed by atoms with Crippen LogP contribution in [0.15, 0.2) is 42.9 Å². The van der Waals surface area contributed by atoms with Gasteiger partial charge in [0.1, 0.15) is 33.2 Å². The highest BCUT2D eigenvalue weighted by Crippen LogP contribution is 2.36. The molecule has 0 N–H and O–H groups in total. The summed E-state index contributed by atoms with van der Waals surface area (Å²) in [6, 6.07) is 10.2. The van der Waals surface area contributed by atoms with E-state index in [-0.39, 0.29) is 0 Å². The minimum atomic E-state index is 0.825. The first-order valence-electron chi connectivity index (χ1n) is 7.46. The lowest BCUT2D eigenvalue weighted by atomic mass is 10.1. The lowest BCUT2D eigenvalue weighted by molar-refractivity contribution is 0.813. The van der Waals surface area contributed by atoms with Crippen molar-refractivity contribution >= 4 is 21.7 Å². The average molecular weight is 321 g/mol. The number of fused-ring (bicyclic) bond motifs is 1. The Bertz CT molecular complexity index is 938. The maximum atomic E-state index is 4.84. The van der Waals surface area contributed by atoms with Gasteiger partial charge in [0, 0.05) is 19.0 Å². The summed E-state index contributed by atoms with van der Waals surface area (Å²) in [5.74, 6) is 1.05. The zero-order chi connectivity index (χ0) is 15.8. The quantitative estimate of drug-likeness (QED) is 0.577. The monoisotopic (exact) mass is 321 g/mol. The number of nitrogens with zero attached hydrogens (tertiary/aromatic N) is 5. The van der Waals surface area contributed by atoms with Crippen LogP contribution in [0.5, 0.6) is 0 Å². The molecule has 0 aliphatic carbocycles. The Morgan fingerprint density at radius 3 is 2.70 bits per heavy atom. The van der Waals surface area contributed by atoms with Crippen molar-refractivity contribution in [1.29, 1.82) is 0 Å². The van der Waals surface area contributed by atoms with Crippen LogP contribution in [0.1, 0.15) is 12.7 Å². The number of aryl methyl sites for hydroxylation is 1. The molecular formula is C17H15N5S. The van der Waals surface area contributed by atoms with Gasteiger partial charge in [-0.15, -0.1) is 0 Å². The summed E-state index contributed by atoms with van der Waals surface area (Å²) in [4.78, 5) is 18.8. The van der Waals surface area contributed by atoms with E-state index < -0.39 is 0 Å². The van der Waals surface area contributed by atoms with Crippen molar-refractivity contribution in [3.8, 4) is 22.0 Å². The largest absolute Gasteiger partial charge is 0.329 e. The van der Waals surface area contributed by atoms with Crippen molar-refractivity contribution in [2.45, 2.75) is 13.3 Å². The van der Waals surface area contributed by atoms with E-state index in [0.717, 1.165) is 44.6 Å². The van der Waals surface area contributed by atoms with Crippen LogP contribution in [0.2, 0.25) is 0 Å². The Hall–Kier alpha value is -2.60. The molecule has 0 atom stereocenters. The Morgan fingerprint density at radius 1 is 1.13 bits per heavy atom. The van der Waals surface area contributed by atoms with Crippen LogP contribution < -0.4 is 0 Å². The molecule has 0 bridgehead atoms. The summed E-state index contributed by atoms with van der Waals surface area (Å²) in [6.45, 7) is 2.12. The van der Waals surface area contributed by atoms with Gasteiger partial charge in [-0.1, -0.05) is 48.6 Å². The Morgan fingerprint density at radius 2 is 1.96 bits per heavy atom. The number of imidazole rings is 1. The van der Waals surface area contributed by atoms with E-state index >= 15 is 0 Å². The van der Waals surface area contributed by atoms with Crippen LogP contribution in [-0.2, 0) is 13.5 Å². The standard InChI is InChI=1S/C17H15N5S/c1-3-13-21-14(11-7-5-4-6-8-11)15(22(13)2)17-20-12-9-18-10-19-16(12)23-17/h4-10H,3H2,1-2H3. The van der Waals surface area contributed by atoms with Crippen LogP contribution in [0, 0.1) is 0 Å². The molecule has 0 aliphatic heterocycles. The highest BCUT2D eigenvalue weighted by molar-refractivity contribution is 7.21. The molecule has 0 radical (unpaired) electrons. The zero-order valence-electron chi connectivity index (χ0n) is 12.9. The van der Waals surface area contributed by atoms with Crippen LogP contribution in [0.3, 0.4) is 0 Å². The number of aromatic nitrogens is 5. The van der Waals surface area contributed by atoms with Gasteiger partial charge in [0.25, 0.3) is 0 Å². The van der Waals surface area contributed by atoms with Crippen LogP contribution in [-0.4, -0.2) is 24.5 Å². The molecule has 0 fully saturated rings. The second kappa shape index (κ2) is 5.55. The first-order valence-corrected chi connectivity index (χ1v) is 8.27. The fraction of sp³-hybridized carbons (Fsp3) is 0.176. The number of hydrogen-bond donors (Lipinski definition) is 0. The van der Waals surface area contributed by atoms with Crippen molar-refractivity contribution in [2.75, 3.05) is 0 Å². The van der Waals surface area contributed by atoms with Crippen molar-refractivity contribution in [3.05, 3.63) is 48.7 Å². The number of rotatable bonds is 3. The van der Waals surface area contributed by atoms with Gasteiger partial charge in [-0.3, -0.25) is 0 Å². The zero-order valence-corrected chi connectivity index (χ0v) is 13.7. The summed E-state index contributed by atoms with van der Waals surface area (Å²) in [6.07, 6.45) is 4.19. The van der Waals surface area contributed by atoms with E-state index in [2.05, 4.69) is 33.6 Å². The van der Waals surface area contributed by atoms with E-state index in [1.54, 1.807) is 23.9 Å². The van der Waals surface area contributed by atoms with Crippen molar-refractivity contribution < 1.29 is 0 Å². The molecule has 4 aromatic rings. The second-order valence-electron chi connectivity index (χ2n) is 5.24. The Labute approximate surface area is 137 Å². The molecule has 5 nitrogen and oxygen atoms in total. The molecule has 0 amide bonds. The minimum absolute atomic E-state index is 0.825. The molecule has 114 valence electrons. The second-order valence-corrected chi connectivity index (χ2v) is 6.21. The fourth-order valence-electron chi connectivity index (χ4n) is 2.69. The van der Waals surface area contributed by atoms with E-state index in [4.69, 9.17) is 9.97 Å². The molecular weight excluding hydrogens is 306 g/mol. The van der Waals surface area contributed by atoms with E-state index in [1.807, 2.05) is 25.2 Å². The first kappa shape index (κ1) is 14.0. The van der Waals surface area contributed by atoms with Crippen LogP contribution in [0.25, 0.3) is 32.3 Å². The van der Waals surface area contributed by atoms with Gasteiger partial charge in [0.15, 0.2) is 0 Å². The fourth-order valence-corrected chi connectivity index (χ4v) is 3.65. The molecule has 3 heterocycles. The minimum Gasteiger partial charge on any atom is -0.329 e. The van der Waals surface area contributed by atoms with E-state index in [1.165, 1.54) is 0 Å². The van der Waals surface area contributed by atoms with Gasteiger partial charge < -0.3 is 4.57 Å². The Kier molecular flexibility index (Phi) is 3.38. The van der Waals surface area contributed by atoms with Crippen LogP contribution >= 0.6 is 11.3 Å². The van der Waals surface area contributed by atoms with Gasteiger partial charge in [0.05, 0.1) is 11.9 Å². The average Bonchev–Trinajstić information content (AvgIpc) is 3.16. The maximum Gasteiger partial charge on any atom is 0.147 e. The molecule has 0 saturated carbocycles. The highest BCUT2D eigenvalue weighted by atomic mass is 32.1. The van der Waals surface area contributed by atoms with Gasteiger partial charge in [0.2, 0.25) is 0 Å². The molecule has 3 aromatic heterocycles. The molecule has 1 aromatic carbocycles. The van der Waals surface area contributed by atoms with Gasteiger partial charge in [-0.2, -0.15) is 0 Å². The third kappa shape index (κ3) is 2.31. The van der Waals surface area contributed by atoms with E-state index in [9.17, 15) is 0 Å². The molecule has 23 heavy (non-hydrogen) atoms. The van der Waals surface area contributed by atoms with Gasteiger partial charge >= 0.3 is 0 Å². The lowest BCUT2D eigenvalue weighted by Gasteiger charge is -2.03. The summed E-state index contributed by atoms with van der Waals surface area (Å²) in [5, 5.41) is 0.925.